The number of benzene rings is 1. The third-order valence-electron chi connectivity index (χ3n) is 3.01. The molecular formula is C14H11ClN4O. The maximum Gasteiger partial charge on any atom is 0.354 e. The molecule has 2 aromatic heterocycles. The molecule has 1 aromatic carbocycles. The fourth-order valence-electron chi connectivity index (χ4n) is 2.13. The number of hydrogen-bond donors (Lipinski definition) is 1. The number of hydrogen-bond acceptors (Lipinski definition) is 4. The summed E-state index contributed by atoms with van der Waals surface area (Å²) in [5, 5.41) is 4.32. The van der Waals surface area contributed by atoms with E-state index in [1.165, 1.54) is 4.57 Å². The Morgan fingerprint density at radius 3 is 2.65 bits per heavy atom. The van der Waals surface area contributed by atoms with Gasteiger partial charge in [-0.1, -0.05) is 11.6 Å². The maximum atomic E-state index is 12.3. The van der Waals surface area contributed by atoms with E-state index in [0.717, 1.165) is 5.39 Å². The number of fused-ring (bicyclic) bond motifs is 1. The van der Waals surface area contributed by atoms with Crippen LogP contribution in [0.3, 0.4) is 0 Å². The molecule has 0 spiro atoms. The summed E-state index contributed by atoms with van der Waals surface area (Å²) in [6.07, 6.45) is 3.26. The normalized spacial score (nSPS) is 10.7. The van der Waals surface area contributed by atoms with Crippen LogP contribution >= 0.6 is 11.6 Å². The molecule has 3 rings (SSSR count). The summed E-state index contributed by atoms with van der Waals surface area (Å²) in [6, 6.07) is 8.87. The van der Waals surface area contributed by atoms with Crippen LogP contribution in [0.15, 0.2) is 47.5 Å². The van der Waals surface area contributed by atoms with Gasteiger partial charge in [0.1, 0.15) is 5.82 Å². The summed E-state index contributed by atoms with van der Waals surface area (Å²) >= 11 is 6.06. The topological polar surface area (TPSA) is 59.8 Å². The smallest absolute Gasteiger partial charge is 0.354 e. The van der Waals surface area contributed by atoms with Crippen LogP contribution in [-0.2, 0) is 0 Å². The molecule has 0 unspecified atom stereocenters. The monoisotopic (exact) mass is 286 g/mol. The van der Waals surface area contributed by atoms with Crippen LogP contribution in [-0.4, -0.2) is 21.6 Å². The van der Waals surface area contributed by atoms with Crippen LogP contribution in [0.4, 0.5) is 5.82 Å². The van der Waals surface area contributed by atoms with Crippen molar-refractivity contribution in [1.82, 2.24) is 14.5 Å². The Hall–Kier alpha value is -2.40. The van der Waals surface area contributed by atoms with Gasteiger partial charge in [-0.25, -0.2) is 4.79 Å². The van der Waals surface area contributed by atoms with E-state index in [2.05, 4.69) is 15.3 Å². The van der Waals surface area contributed by atoms with Gasteiger partial charge in [-0.05, 0) is 30.3 Å². The molecule has 0 fully saturated rings. The molecule has 0 atom stereocenters. The third-order valence-corrected chi connectivity index (χ3v) is 3.25. The van der Waals surface area contributed by atoms with E-state index >= 15 is 0 Å². The average molecular weight is 287 g/mol. The fourth-order valence-corrected chi connectivity index (χ4v) is 2.30. The number of halogens is 1. The molecule has 0 saturated carbocycles. The Labute approximate surface area is 119 Å². The molecule has 2 heterocycles. The minimum absolute atomic E-state index is 0.365. The zero-order valence-electron chi connectivity index (χ0n) is 10.7. The van der Waals surface area contributed by atoms with Gasteiger partial charge < -0.3 is 5.32 Å². The second-order valence-electron chi connectivity index (χ2n) is 4.20. The molecule has 5 nitrogen and oxygen atoms in total. The molecule has 0 aliphatic rings. The summed E-state index contributed by atoms with van der Waals surface area (Å²) in [6.45, 7) is 0. The van der Waals surface area contributed by atoms with E-state index in [-0.39, 0.29) is 5.69 Å². The first kappa shape index (κ1) is 12.6. The standard InChI is InChI=1S/C14H11ClN4O/c1-16-13-11-3-2-9(15)8-12(11)19(14(20)18-13)10-4-6-17-7-5-10/h2-8H,1H3,(H,16,18,20). The minimum atomic E-state index is -0.365. The van der Waals surface area contributed by atoms with Crippen molar-refractivity contribution in [2.24, 2.45) is 0 Å². The maximum absolute atomic E-state index is 12.3. The average Bonchev–Trinajstić information content (AvgIpc) is 2.47. The molecule has 1 N–H and O–H groups in total. The Morgan fingerprint density at radius 1 is 1.20 bits per heavy atom. The predicted molar refractivity (Wildman–Crippen MR) is 79.7 cm³/mol. The number of pyridine rings is 1. The van der Waals surface area contributed by atoms with Crippen molar-refractivity contribution in [2.75, 3.05) is 12.4 Å². The lowest BCUT2D eigenvalue weighted by molar-refractivity contribution is 0.957. The molecule has 0 aliphatic heterocycles. The molecule has 20 heavy (non-hydrogen) atoms. The molecule has 0 amide bonds. The highest BCUT2D eigenvalue weighted by atomic mass is 35.5. The van der Waals surface area contributed by atoms with Crippen LogP contribution in [0.25, 0.3) is 16.6 Å². The molecule has 0 saturated heterocycles. The summed E-state index contributed by atoms with van der Waals surface area (Å²) < 4.78 is 1.52. The summed E-state index contributed by atoms with van der Waals surface area (Å²) in [7, 11) is 1.73. The van der Waals surface area contributed by atoms with Crippen molar-refractivity contribution in [3.63, 3.8) is 0 Å². The molecule has 6 heteroatoms. The van der Waals surface area contributed by atoms with Gasteiger partial charge in [0, 0.05) is 29.9 Å². The van der Waals surface area contributed by atoms with Gasteiger partial charge in [-0.3, -0.25) is 9.55 Å². The van der Waals surface area contributed by atoms with Crippen LogP contribution < -0.4 is 11.0 Å². The third kappa shape index (κ3) is 2.02. The van der Waals surface area contributed by atoms with Gasteiger partial charge in [-0.15, -0.1) is 0 Å². The lowest BCUT2D eigenvalue weighted by atomic mass is 10.2. The Balaban J connectivity index is 2.46. The lowest BCUT2D eigenvalue weighted by Gasteiger charge is -2.12. The van der Waals surface area contributed by atoms with Crippen LogP contribution in [0.1, 0.15) is 0 Å². The van der Waals surface area contributed by atoms with E-state index in [4.69, 9.17) is 11.6 Å². The Kier molecular flexibility index (Phi) is 3.12. The van der Waals surface area contributed by atoms with Crippen molar-refractivity contribution in [1.29, 1.82) is 0 Å². The number of nitrogens with one attached hydrogen (secondary N) is 1. The van der Waals surface area contributed by atoms with E-state index in [9.17, 15) is 4.79 Å². The predicted octanol–water partition coefficient (Wildman–Crippen LogP) is 2.48. The lowest BCUT2D eigenvalue weighted by Crippen LogP contribution is -2.23. The zero-order chi connectivity index (χ0) is 14.1. The second-order valence-corrected chi connectivity index (χ2v) is 4.63. The second kappa shape index (κ2) is 4.94. The number of anilines is 1. The first-order valence-electron chi connectivity index (χ1n) is 6.01. The number of rotatable bonds is 2. The van der Waals surface area contributed by atoms with Crippen LogP contribution in [0.5, 0.6) is 0 Å². The van der Waals surface area contributed by atoms with Gasteiger partial charge in [-0.2, -0.15) is 4.98 Å². The molecular weight excluding hydrogens is 276 g/mol. The highest BCUT2D eigenvalue weighted by molar-refractivity contribution is 6.31. The quantitative estimate of drug-likeness (QED) is 0.786. The van der Waals surface area contributed by atoms with Crippen LogP contribution in [0.2, 0.25) is 5.02 Å². The van der Waals surface area contributed by atoms with E-state index in [1.807, 2.05) is 6.07 Å². The van der Waals surface area contributed by atoms with Gasteiger partial charge >= 0.3 is 5.69 Å². The Bertz CT molecular complexity index is 830. The SMILES string of the molecule is CNc1nc(=O)n(-c2ccncc2)c2cc(Cl)ccc12. The highest BCUT2D eigenvalue weighted by Gasteiger charge is 2.11. The van der Waals surface area contributed by atoms with Crippen molar-refractivity contribution in [3.05, 3.63) is 58.2 Å². The molecule has 100 valence electrons. The highest BCUT2D eigenvalue weighted by Crippen LogP contribution is 2.24. The van der Waals surface area contributed by atoms with Crippen molar-refractivity contribution in [3.8, 4) is 5.69 Å². The summed E-state index contributed by atoms with van der Waals surface area (Å²) in [5.41, 5.74) is 1.04. The zero-order valence-corrected chi connectivity index (χ0v) is 11.4. The van der Waals surface area contributed by atoms with Gasteiger partial charge in [0.15, 0.2) is 0 Å². The minimum Gasteiger partial charge on any atom is -0.372 e. The number of nitrogens with zero attached hydrogens (tertiary/aromatic N) is 3. The van der Waals surface area contributed by atoms with Crippen LogP contribution in [0, 0.1) is 0 Å². The largest absolute Gasteiger partial charge is 0.372 e. The Morgan fingerprint density at radius 2 is 1.95 bits per heavy atom. The fraction of sp³-hybridized carbons (Fsp3) is 0.0714. The molecule has 0 radical (unpaired) electrons. The van der Waals surface area contributed by atoms with E-state index in [0.29, 0.717) is 22.0 Å². The molecule has 3 aromatic rings. The summed E-state index contributed by atoms with van der Waals surface area (Å²) in [5.74, 6) is 0.534. The summed E-state index contributed by atoms with van der Waals surface area (Å²) in [4.78, 5) is 20.3. The number of aromatic nitrogens is 3. The van der Waals surface area contributed by atoms with E-state index < -0.39 is 0 Å². The van der Waals surface area contributed by atoms with Crippen molar-refractivity contribution >= 4 is 28.3 Å². The van der Waals surface area contributed by atoms with E-state index in [1.54, 1.807) is 43.7 Å². The van der Waals surface area contributed by atoms with Crippen molar-refractivity contribution in [2.45, 2.75) is 0 Å². The van der Waals surface area contributed by atoms with Gasteiger partial charge in [0.2, 0.25) is 0 Å². The van der Waals surface area contributed by atoms with Gasteiger partial charge in [0.25, 0.3) is 0 Å². The van der Waals surface area contributed by atoms with Crippen molar-refractivity contribution < 1.29 is 0 Å². The first-order chi connectivity index (χ1) is 9.70. The first-order valence-corrected chi connectivity index (χ1v) is 6.39. The molecule has 0 bridgehead atoms. The molecule has 0 aliphatic carbocycles. The van der Waals surface area contributed by atoms with Gasteiger partial charge in [0.05, 0.1) is 11.2 Å².